The number of hydrogen-bond donors (Lipinski definition) is 1. The lowest BCUT2D eigenvalue weighted by Crippen LogP contribution is -1.89. The van der Waals surface area contributed by atoms with E-state index in [1.807, 2.05) is 60.7 Å². The number of aldehydes is 1. The maximum absolute atomic E-state index is 11.1. The molecule has 21 heavy (non-hydrogen) atoms. The zero-order valence-electron chi connectivity index (χ0n) is 11.4. The van der Waals surface area contributed by atoms with Gasteiger partial charge < -0.3 is 5.73 Å². The third kappa shape index (κ3) is 2.67. The summed E-state index contributed by atoms with van der Waals surface area (Å²) in [6.07, 6.45) is 2.52. The van der Waals surface area contributed by atoms with Crippen molar-refractivity contribution >= 4 is 12.0 Å². The number of nitrogens with two attached hydrogens (primary N) is 1. The molecule has 0 aliphatic rings. The Morgan fingerprint density at radius 2 is 1.57 bits per heavy atom. The molecule has 2 N–H and O–H groups in total. The molecule has 0 aliphatic heterocycles. The van der Waals surface area contributed by atoms with E-state index in [9.17, 15) is 4.79 Å². The Morgan fingerprint density at radius 1 is 0.857 bits per heavy atom. The van der Waals surface area contributed by atoms with Crippen molar-refractivity contribution in [3.8, 4) is 22.4 Å². The van der Waals surface area contributed by atoms with Crippen LogP contribution in [0, 0.1) is 0 Å². The zero-order valence-corrected chi connectivity index (χ0v) is 11.4. The van der Waals surface area contributed by atoms with E-state index in [0.717, 1.165) is 28.7 Å². The number of rotatable bonds is 3. The predicted molar refractivity (Wildman–Crippen MR) is 84.9 cm³/mol. The Kier molecular flexibility index (Phi) is 3.48. The van der Waals surface area contributed by atoms with E-state index in [4.69, 9.17) is 5.73 Å². The van der Waals surface area contributed by atoms with Gasteiger partial charge in [-0.2, -0.15) is 0 Å². The Hall–Kier alpha value is -2.94. The van der Waals surface area contributed by atoms with Crippen molar-refractivity contribution in [3.05, 3.63) is 72.4 Å². The first-order chi connectivity index (χ1) is 10.3. The Balaban J connectivity index is 1.97. The van der Waals surface area contributed by atoms with Crippen molar-refractivity contribution in [2.75, 3.05) is 5.73 Å². The molecule has 0 saturated carbocycles. The van der Waals surface area contributed by atoms with Crippen LogP contribution in [-0.2, 0) is 0 Å². The molecule has 0 bridgehead atoms. The van der Waals surface area contributed by atoms with E-state index < -0.39 is 0 Å². The second-order valence-electron chi connectivity index (χ2n) is 4.76. The Morgan fingerprint density at radius 3 is 2.24 bits per heavy atom. The Bertz CT molecular complexity index is 762. The molecule has 0 amide bonds. The molecule has 0 aliphatic carbocycles. The highest BCUT2D eigenvalue weighted by Crippen LogP contribution is 2.26. The summed E-state index contributed by atoms with van der Waals surface area (Å²) >= 11 is 0. The van der Waals surface area contributed by atoms with E-state index in [-0.39, 0.29) is 0 Å². The number of hydrogen-bond acceptors (Lipinski definition) is 3. The number of benzene rings is 2. The molecular weight excluding hydrogens is 260 g/mol. The fourth-order valence-corrected chi connectivity index (χ4v) is 2.26. The van der Waals surface area contributed by atoms with Gasteiger partial charge in [-0.1, -0.05) is 48.5 Å². The number of carbonyl (C=O) groups is 1. The zero-order chi connectivity index (χ0) is 14.7. The smallest absolute Gasteiger partial charge is 0.150 e. The third-order valence-electron chi connectivity index (χ3n) is 3.37. The van der Waals surface area contributed by atoms with E-state index in [1.54, 1.807) is 6.20 Å². The minimum Gasteiger partial charge on any atom is -0.397 e. The van der Waals surface area contributed by atoms with Gasteiger partial charge in [-0.05, 0) is 23.3 Å². The van der Waals surface area contributed by atoms with Crippen LogP contribution < -0.4 is 5.73 Å². The minimum atomic E-state index is 0.648. The topological polar surface area (TPSA) is 56.0 Å². The van der Waals surface area contributed by atoms with Crippen LogP contribution in [0.2, 0.25) is 0 Å². The summed E-state index contributed by atoms with van der Waals surface area (Å²) in [6.45, 7) is 0. The molecule has 3 nitrogen and oxygen atoms in total. The van der Waals surface area contributed by atoms with Crippen LogP contribution >= 0.6 is 0 Å². The number of pyridine rings is 1. The van der Waals surface area contributed by atoms with Gasteiger partial charge in [0.05, 0.1) is 17.6 Å². The molecule has 3 aromatic rings. The highest BCUT2D eigenvalue weighted by molar-refractivity contribution is 5.87. The van der Waals surface area contributed by atoms with Crippen molar-refractivity contribution in [2.45, 2.75) is 0 Å². The van der Waals surface area contributed by atoms with Gasteiger partial charge in [0, 0.05) is 11.1 Å². The average Bonchev–Trinajstić information content (AvgIpc) is 2.56. The maximum atomic E-state index is 11.1. The van der Waals surface area contributed by atoms with E-state index in [0.29, 0.717) is 11.3 Å². The molecule has 0 unspecified atom stereocenters. The van der Waals surface area contributed by atoms with E-state index >= 15 is 0 Å². The van der Waals surface area contributed by atoms with Crippen LogP contribution in [0.3, 0.4) is 0 Å². The fraction of sp³-hybridized carbons (Fsp3) is 0. The van der Waals surface area contributed by atoms with Crippen molar-refractivity contribution < 1.29 is 4.79 Å². The molecule has 1 heterocycles. The van der Waals surface area contributed by atoms with Crippen LogP contribution in [0.5, 0.6) is 0 Å². The lowest BCUT2D eigenvalue weighted by molar-refractivity contribution is 0.112. The first-order valence-electron chi connectivity index (χ1n) is 6.64. The van der Waals surface area contributed by atoms with Gasteiger partial charge in [0.25, 0.3) is 0 Å². The van der Waals surface area contributed by atoms with Crippen molar-refractivity contribution in [1.82, 2.24) is 4.98 Å². The summed E-state index contributed by atoms with van der Waals surface area (Å²) in [5.74, 6) is 0. The van der Waals surface area contributed by atoms with Gasteiger partial charge in [-0.3, -0.25) is 9.78 Å². The summed E-state index contributed by atoms with van der Waals surface area (Å²) in [4.78, 5) is 15.4. The molecule has 0 fully saturated rings. The number of carbonyl (C=O) groups excluding carboxylic acids is 1. The molecule has 102 valence electrons. The van der Waals surface area contributed by atoms with E-state index in [2.05, 4.69) is 4.98 Å². The number of aromatic nitrogens is 1. The van der Waals surface area contributed by atoms with Crippen LogP contribution in [-0.4, -0.2) is 11.3 Å². The van der Waals surface area contributed by atoms with Crippen LogP contribution in [0.25, 0.3) is 22.4 Å². The quantitative estimate of drug-likeness (QED) is 0.739. The second-order valence-corrected chi connectivity index (χ2v) is 4.76. The molecule has 3 heteroatoms. The van der Waals surface area contributed by atoms with Gasteiger partial charge in [-0.25, -0.2) is 0 Å². The van der Waals surface area contributed by atoms with Gasteiger partial charge >= 0.3 is 0 Å². The normalized spacial score (nSPS) is 10.3. The highest BCUT2D eigenvalue weighted by Gasteiger charge is 2.04. The van der Waals surface area contributed by atoms with Crippen LogP contribution in [0.15, 0.2) is 66.9 Å². The number of anilines is 1. The molecule has 1 aromatic heterocycles. The monoisotopic (exact) mass is 274 g/mol. The summed E-state index contributed by atoms with van der Waals surface area (Å²) < 4.78 is 0. The van der Waals surface area contributed by atoms with E-state index in [1.165, 1.54) is 0 Å². The predicted octanol–water partition coefficient (Wildman–Crippen LogP) is 3.81. The molecule has 0 atom stereocenters. The highest BCUT2D eigenvalue weighted by atomic mass is 16.1. The van der Waals surface area contributed by atoms with Gasteiger partial charge in [0.1, 0.15) is 0 Å². The number of nitrogen functional groups attached to an aromatic ring is 1. The first kappa shape index (κ1) is 13.1. The van der Waals surface area contributed by atoms with Gasteiger partial charge in [-0.15, -0.1) is 0 Å². The maximum Gasteiger partial charge on any atom is 0.150 e. The van der Waals surface area contributed by atoms with Crippen LogP contribution in [0.1, 0.15) is 10.4 Å². The molecule has 3 rings (SSSR count). The lowest BCUT2D eigenvalue weighted by Gasteiger charge is -2.06. The molecule has 0 spiro atoms. The summed E-state index contributed by atoms with van der Waals surface area (Å²) in [5, 5.41) is 0. The Labute approximate surface area is 123 Å². The lowest BCUT2D eigenvalue weighted by atomic mass is 9.99. The van der Waals surface area contributed by atoms with Crippen molar-refractivity contribution in [2.24, 2.45) is 0 Å². The molecule has 0 saturated heterocycles. The summed E-state index contributed by atoms with van der Waals surface area (Å²) in [7, 11) is 0. The summed E-state index contributed by atoms with van der Waals surface area (Å²) in [6, 6.07) is 19.3. The SMILES string of the molecule is Nc1ccc(-c2ccc(-c3ccccc3C=O)cc2)nc1. The largest absolute Gasteiger partial charge is 0.397 e. The van der Waals surface area contributed by atoms with Crippen molar-refractivity contribution in [1.29, 1.82) is 0 Å². The van der Waals surface area contributed by atoms with Crippen molar-refractivity contribution in [3.63, 3.8) is 0 Å². The summed E-state index contributed by atoms with van der Waals surface area (Å²) in [5.41, 5.74) is 10.8. The fourth-order valence-electron chi connectivity index (χ4n) is 2.26. The molecule has 0 radical (unpaired) electrons. The second kappa shape index (κ2) is 5.59. The average molecular weight is 274 g/mol. The van der Waals surface area contributed by atoms with Gasteiger partial charge in [0.15, 0.2) is 6.29 Å². The number of nitrogens with zero attached hydrogens (tertiary/aromatic N) is 1. The molecular formula is C18H14N2O. The minimum absolute atomic E-state index is 0.648. The molecule has 2 aromatic carbocycles. The van der Waals surface area contributed by atoms with Gasteiger partial charge in [0.2, 0.25) is 0 Å². The first-order valence-corrected chi connectivity index (χ1v) is 6.64. The third-order valence-corrected chi connectivity index (χ3v) is 3.37. The standard InChI is InChI=1S/C18H14N2O/c19-16-9-10-18(20-11-16)14-7-5-13(6-8-14)17-4-2-1-3-15(17)12-21/h1-12H,19H2. The van der Waals surface area contributed by atoms with Crippen LogP contribution in [0.4, 0.5) is 5.69 Å².